The fourth-order valence-electron chi connectivity index (χ4n) is 4.78. The molecule has 33 heavy (non-hydrogen) atoms. The molecule has 2 heterocycles. The van der Waals surface area contributed by atoms with E-state index in [9.17, 15) is 5.11 Å². The van der Waals surface area contributed by atoms with Crippen LogP contribution in [0.5, 0.6) is 0 Å². The highest BCUT2D eigenvalue weighted by Crippen LogP contribution is 2.41. The second-order valence-electron chi connectivity index (χ2n) is 8.85. The van der Waals surface area contributed by atoms with Crippen molar-refractivity contribution in [2.45, 2.75) is 40.0 Å². The van der Waals surface area contributed by atoms with Gasteiger partial charge in [0.2, 0.25) is 0 Å². The van der Waals surface area contributed by atoms with Crippen LogP contribution in [0, 0.1) is 20.8 Å². The average molecular weight is 436 g/mol. The lowest BCUT2D eigenvalue weighted by molar-refractivity contribution is 0.131. The summed E-state index contributed by atoms with van der Waals surface area (Å²) in [6.45, 7) is 7.08. The molecule has 1 N–H and O–H groups in total. The third-order valence-corrected chi connectivity index (χ3v) is 6.21. The fourth-order valence-corrected chi connectivity index (χ4v) is 4.78. The van der Waals surface area contributed by atoms with Gasteiger partial charge in [-0.2, -0.15) is 5.10 Å². The van der Waals surface area contributed by atoms with E-state index in [2.05, 4.69) is 83.3 Å². The third-order valence-electron chi connectivity index (χ3n) is 6.21. The van der Waals surface area contributed by atoms with E-state index in [4.69, 9.17) is 0 Å². The molecule has 3 aromatic carbocycles. The molecule has 166 valence electrons. The highest BCUT2D eigenvalue weighted by Gasteiger charge is 2.22. The van der Waals surface area contributed by atoms with Crippen molar-refractivity contribution < 1.29 is 5.11 Å². The molecule has 1 atom stereocenters. The van der Waals surface area contributed by atoms with Gasteiger partial charge < -0.3 is 9.67 Å². The fraction of sp³-hybridized carbons (Fsp3) is 0.207. The minimum atomic E-state index is -0.578. The lowest BCUT2D eigenvalue weighted by atomic mass is 9.98. The number of aliphatic hydroxyl groups is 1. The first-order valence-electron chi connectivity index (χ1n) is 11.4. The van der Waals surface area contributed by atoms with Crippen molar-refractivity contribution in [1.82, 2.24) is 14.3 Å². The number of rotatable bonds is 6. The normalized spacial score (nSPS) is 12.4. The summed E-state index contributed by atoms with van der Waals surface area (Å²) < 4.78 is 4.18. The molecule has 0 saturated heterocycles. The number of aliphatic hydroxyl groups excluding tert-OH is 1. The molecular weight excluding hydrogens is 406 g/mol. The first-order chi connectivity index (χ1) is 16.0. The maximum Gasteiger partial charge on any atom is 0.0914 e. The Morgan fingerprint density at radius 2 is 1.45 bits per heavy atom. The van der Waals surface area contributed by atoms with E-state index in [1.54, 1.807) is 0 Å². The first-order valence-corrected chi connectivity index (χ1v) is 11.4. The van der Waals surface area contributed by atoms with Gasteiger partial charge in [0, 0.05) is 22.2 Å². The van der Waals surface area contributed by atoms with Crippen LogP contribution in [0.25, 0.3) is 33.3 Å². The number of hydrogen-bond acceptors (Lipinski definition) is 2. The molecule has 0 fully saturated rings. The standard InChI is InChI=1S/C29H29N3O/c1-20-14-15-27-26(16-20)28(23-10-6-4-7-11-23)29(24-12-8-5-9-13-24)31(27)18-25(33)19-32-22(3)17-21(2)30-32/h4-17,25,33H,18-19H2,1-3H3/t25-/m1/s1. The van der Waals surface area contributed by atoms with Crippen molar-refractivity contribution in [3.8, 4) is 22.4 Å². The van der Waals surface area contributed by atoms with Crippen molar-refractivity contribution >= 4 is 10.9 Å². The van der Waals surface area contributed by atoms with Crippen molar-refractivity contribution in [2.24, 2.45) is 0 Å². The van der Waals surface area contributed by atoms with Crippen LogP contribution in [-0.4, -0.2) is 25.6 Å². The average Bonchev–Trinajstić information content (AvgIpc) is 3.30. The Bertz CT molecular complexity index is 1400. The molecule has 0 radical (unpaired) electrons. The Morgan fingerprint density at radius 3 is 2.09 bits per heavy atom. The van der Waals surface area contributed by atoms with E-state index < -0.39 is 6.10 Å². The van der Waals surface area contributed by atoms with Crippen LogP contribution >= 0.6 is 0 Å². The SMILES string of the molecule is Cc1ccc2c(c1)c(-c1ccccc1)c(-c1ccccc1)n2C[C@@H](O)Cn1nc(C)cc1C. The molecule has 0 saturated carbocycles. The smallest absolute Gasteiger partial charge is 0.0914 e. The van der Waals surface area contributed by atoms with E-state index in [-0.39, 0.29) is 0 Å². The van der Waals surface area contributed by atoms with Gasteiger partial charge in [-0.15, -0.1) is 0 Å². The van der Waals surface area contributed by atoms with Gasteiger partial charge in [-0.05, 0) is 50.1 Å². The van der Waals surface area contributed by atoms with Crippen molar-refractivity contribution in [1.29, 1.82) is 0 Å². The highest BCUT2D eigenvalue weighted by atomic mass is 16.3. The van der Waals surface area contributed by atoms with Crippen LogP contribution in [0.2, 0.25) is 0 Å². The van der Waals surface area contributed by atoms with Crippen LogP contribution < -0.4 is 0 Å². The quantitative estimate of drug-likeness (QED) is 0.347. The molecule has 0 aliphatic rings. The number of nitrogens with zero attached hydrogens (tertiary/aromatic N) is 3. The molecule has 0 spiro atoms. The Morgan fingerprint density at radius 1 is 0.788 bits per heavy atom. The topological polar surface area (TPSA) is 43.0 Å². The van der Waals surface area contributed by atoms with Crippen LogP contribution in [-0.2, 0) is 13.1 Å². The van der Waals surface area contributed by atoms with E-state index >= 15 is 0 Å². The van der Waals surface area contributed by atoms with Gasteiger partial charge in [0.05, 0.1) is 30.6 Å². The van der Waals surface area contributed by atoms with Gasteiger partial charge in [0.25, 0.3) is 0 Å². The molecule has 0 aliphatic carbocycles. The summed E-state index contributed by atoms with van der Waals surface area (Å²) in [6.07, 6.45) is -0.578. The zero-order chi connectivity index (χ0) is 22.9. The molecule has 4 heteroatoms. The molecule has 0 aliphatic heterocycles. The van der Waals surface area contributed by atoms with Gasteiger partial charge in [-0.1, -0.05) is 72.3 Å². The van der Waals surface area contributed by atoms with E-state index in [1.807, 2.05) is 36.7 Å². The summed E-state index contributed by atoms with van der Waals surface area (Å²) in [7, 11) is 0. The third kappa shape index (κ3) is 4.10. The molecule has 0 bridgehead atoms. The second kappa shape index (κ2) is 8.72. The van der Waals surface area contributed by atoms with Crippen LogP contribution in [0.3, 0.4) is 0 Å². The molecule has 4 nitrogen and oxygen atoms in total. The molecule has 5 rings (SSSR count). The molecule has 0 unspecified atom stereocenters. The number of hydrogen-bond donors (Lipinski definition) is 1. The van der Waals surface area contributed by atoms with Crippen molar-refractivity contribution in [3.05, 3.63) is 102 Å². The zero-order valence-corrected chi connectivity index (χ0v) is 19.4. The maximum absolute atomic E-state index is 11.2. The molecule has 2 aromatic heterocycles. The first kappa shape index (κ1) is 21.2. The van der Waals surface area contributed by atoms with Gasteiger partial charge in [0.15, 0.2) is 0 Å². The molecular formula is C29H29N3O. The second-order valence-corrected chi connectivity index (χ2v) is 8.85. The van der Waals surface area contributed by atoms with Crippen LogP contribution in [0.1, 0.15) is 17.0 Å². The number of aromatic nitrogens is 3. The van der Waals surface area contributed by atoms with E-state index in [1.165, 1.54) is 22.1 Å². The number of benzene rings is 3. The van der Waals surface area contributed by atoms with Gasteiger partial charge in [0.1, 0.15) is 0 Å². The summed E-state index contributed by atoms with van der Waals surface area (Å²) in [5, 5.41) is 16.9. The summed E-state index contributed by atoms with van der Waals surface area (Å²) >= 11 is 0. The summed E-state index contributed by atoms with van der Waals surface area (Å²) in [4.78, 5) is 0. The van der Waals surface area contributed by atoms with Crippen molar-refractivity contribution in [3.63, 3.8) is 0 Å². The van der Waals surface area contributed by atoms with Crippen LogP contribution in [0.4, 0.5) is 0 Å². The highest BCUT2D eigenvalue weighted by molar-refractivity contribution is 6.04. The van der Waals surface area contributed by atoms with E-state index in [0.717, 1.165) is 28.2 Å². The van der Waals surface area contributed by atoms with Crippen molar-refractivity contribution in [2.75, 3.05) is 0 Å². The summed E-state index contributed by atoms with van der Waals surface area (Å²) in [6, 6.07) is 29.7. The zero-order valence-electron chi connectivity index (χ0n) is 19.4. The Kier molecular flexibility index (Phi) is 5.61. The Labute approximate surface area is 194 Å². The monoisotopic (exact) mass is 435 g/mol. The van der Waals surface area contributed by atoms with Gasteiger partial charge >= 0.3 is 0 Å². The van der Waals surface area contributed by atoms with Gasteiger partial charge in [-0.25, -0.2) is 0 Å². The lowest BCUT2D eigenvalue weighted by Gasteiger charge is -2.18. The predicted octanol–water partition coefficient (Wildman–Crippen LogP) is 6.16. The Hall–Kier alpha value is -3.63. The van der Waals surface area contributed by atoms with E-state index in [0.29, 0.717) is 13.1 Å². The minimum absolute atomic E-state index is 0.458. The number of fused-ring (bicyclic) bond motifs is 1. The lowest BCUT2D eigenvalue weighted by Crippen LogP contribution is -2.23. The minimum Gasteiger partial charge on any atom is -0.389 e. The predicted molar refractivity (Wildman–Crippen MR) is 135 cm³/mol. The largest absolute Gasteiger partial charge is 0.389 e. The van der Waals surface area contributed by atoms with Gasteiger partial charge in [-0.3, -0.25) is 4.68 Å². The Balaban J connectivity index is 1.70. The summed E-state index contributed by atoms with van der Waals surface area (Å²) in [5.41, 5.74) is 9.05. The maximum atomic E-state index is 11.2. The molecule has 5 aromatic rings. The number of aryl methyl sites for hydroxylation is 3. The summed E-state index contributed by atoms with van der Waals surface area (Å²) in [5.74, 6) is 0. The molecule has 0 amide bonds. The van der Waals surface area contributed by atoms with Crippen LogP contribution in [0.15, 0.2) is 84.9 Å².